The highest BCUT2D eigenvalue weighted by atomic mass is 32.2. The minimum Gasteiger partial charge on any atom is -0.339 e. The van der Waals surface area contributed by atoms with Gasteiger partial charge in [0.1, 0.15) is 0 Å². The monoisotopic (exact) mass is 422 g/mol. The van der Waals surface area contributed by atoms with E-state index in [2.05, 4.69) is 51.6 Å². The minimum atomic E-state index is 0.131. The van der Waals surface area contributed by atoms with Crippen LogP contribution >= 0.6 is 11.8 Å². The van der Waals surface area contributed by atoms with E-state index in [1.165, 1.54) is 17.3 Å². The molecule has 1 atom stereocenters. The molecule has 0 saturated carbocycles. The van der Waals surface area contributed by atoms with Crippen molar-refractivity contribution < 1.29 is 4.79 Å². The van der Waals surface area contributed by atoms with Crippen molar-refractivity contribution in [1.82, 2.24) is 30.0 Å². The van der Waals surface area contributed by atoms with Crippen LogP contribution in [0.2, 0.25) is 0 Å². The van der Waals surface area contributed by atoms with E-state index in [1.807, 2.05) is 42.2 Å². The summed E-state index contributed by atoms with van der Waals surface area (Å²) in [5, 5.41) is 12.6. The zero-order chi connectivity index (χ0) is 20.9. The van der Waals surface area contributed by atoms with E-state index in [0.29, 0.717) is 17.0 Å². The Morgan fingerprint density at radius 1 is 1.03 bits per heavy atom. The van der Waals surface area contributed by atoms with Crippen molar-refractivity contribution in [3.05, 3.63) is 65.7 Å². The van der Waals surface area contributed by atoms with Crippen LogP contribution in [0.15, 0.2) is 59.8 Å². The third-order valence-electron chi connectivity index (χ3n) is 5.61. The molecular weight excluding hydrogens is 396 g/mol. The number of rotatable bonds is 6. The lowest BCUT2D eigenvalue weighted by atomic mass is 10.1. The van der Waals surface area contributed by atoms with Gasteiger partial charge in [-0.05, 0) is 41.5 Å². The van der Waals surface area contributed by atoms with E-state index in [4.69, 9.17) is 0 Å². The van der Waals surface area contributed by atoms with Crippen LogP contribution in [0.1, 0.15) is 24.1 Å². The maximum atomic E-state index is 12.8. The molecule has 30 heavy (non-hydrogen) atoms. The summed E-state index contributed by atoms with van der Waals surface area (Å²) in [6, 6.07) is 18.8. The first-order chi connectivity index (χ1) is 14.6. The van der Waals surface area contributed by atoms with Crippen molar-refractivity contribution in [3.8, 4) is 5.69 Å². The van der Waals surface area contributed by atoms with Gasteiger partial charge >= 0.3 is 0 Å². The third-order valence-corrected chi connectivity index (χ3v) is 6.51. The van der Waals surface area contributed by atoms with Crippen LogP contribution in [0.5, 0.6) is 0 Å². The number of piperazine rings is 1. The summed E-state index contributed by atoms with van der Waals surface area (Å²) in [5.41, 5.74) is 3.33. The lowest BCUT2D eigenvalue weighted by Crippen LogP contribution is -2.49. The molecule has 0 bridgehead atoms. The van der Waals surface area contributed by atoms with E-state index in [1.54, 1.807) is 4.68 Å². The van der Waals surface area contributed by atoms with Gasteiger partial charge in [-0.2, -0.15) is 4.68 Å². The van der Waals surface area contributed by atoms with Gasteiger partial charge in [-0.25, -0.2) is 0 Å². The zero-order valence-electron chi connectivity index (χ0n) is 17.3. The minimum absolute atomic E-state index is 0.131. The standard InChI is InChI=1S/C22H26N6OS/c1-17-8-6-7-11-20(17)28-22(23-24-25-28)30-16-21(29)27-14-12-26(13-15-27)18(2)19-9-4-3-5-10-19/h3-11,18H,12-16H2,1-2H3. The largest absolute Gasteiger partial charge is 0.339 e. The Bertz CT molecular complexity index is 984. The SMILES string of the molecule is Cc1ccccc1-n1nnnc1SCC(=O)N1CCN(C(C)c2ccccc2)CC1. The number of aryl methyl sites for hydroxylation is 1. The average Bonchev–Trinajstić information content (AvgIpc) is 3.26. The second-order valence-electron chi connectivity index (χ2n) is 7.45. The van der Waals surface area contributed by atoms with Gasteiger partial charge in [0.05, 0.1) is 11.4 Å². The molecule has 1 amide bonds. The molecule has 1 saturated heterocycles. The van der Waals surface area contributed by atoms with E-state index >= 15 is 0 Å². The molecule has 2 aromatic carbocycles. The van der Waals surface area contributed by atoms with Gasteiger partial charge in [-0.3, -0.25) is 9.69 Å². The fourth-order valence-corrected chi connectivity index (χ4v) is 4.53. The molecule has 0 radical (unpaired) electrons. The molecule has 2 heterocycles. The molecule has 1 aromatic heterocycles. The van der Waals surface area contributed by atoms with Gasteiger partial charge in [-0.15, -0.1) is 5.10 Å². The molecule has 1 aliphatic heterocycles. The predicted molar refractivity (Wildman–Crippen MR) is 118 cm³/mol. The first kappa shape index (κ1) is 20.6. The quantitative estimate of drug-likeness (QED) is 0.569. The molecule has 1 fully saturated rings. The highest BCUT2D eigenvalue weighted by molar-refractivity contribution is 7.99. The van der Waals surface area contributed by atoms with Crippen molar-refractivity contribution >= 4 is 17.7 Å². The van der Waals surface area contributed by atoms with Gasteiger partial charge in [0.2, 0.25) is 11.1 Å². The number of para-hydroxylation sites is 1. The highest BCUT2D eigenvalue weighted by Crippen LogP contribution is 2.23. The number of hydrogen-bond acceptors (Lipinski definition) is 6. The van der Waals surface area contributed by atoms with Crippen LogP contribution in [-0.4, -0.2) is 67.8 Å². The van der Waals surface area contributed by atoms with Gasteiger partial charge in [-0.1, -0.05) is 60.3 Å². The van der Waals surface area contributed by atoms with E-state index in [-0.39, 0.29) is 5.91 Å². The topological polar surface area (TPSA) is 67.2 Å². The van der Waals surface area contributed by atoms with Crippen molar-refractivity contribution in [2.45, 2.75) is 25.0 Å². The first-order valence-corrected chi connectivity index (χ1v) is 11.2. The van der Waals surface area contributed by atoms with Crippen LogP contribution in [0.4, 0.5) is 0 Å². The average molecular weight is 423 g/mol. The molecule has 1 aliphatic rings. The summed E-state index contributed by atoms with van der Waals surface area (Å²) >= 11 is 1.39. The van der Waals surface area contributed by atoms with E-state index < -0.39 is 0 Å². The Balaban J connectivity index is 1.31. The highest BCUT2D eigenvalue weighted by Gasteiger charge is 2.25. The first-order valence-electron chi connectivity index (χ1n) is 10.2. The second-order valence-corrected chi connectivity index (χ2v) is 8.39. The zero-order valence-corrected chi connectivity index (χ0v) is 18.1. The molecule has 8 heteroatoms. The van der Waals surface area contributed by atoms with Crippen LogP contribution in [-0.2, 0) is 4.79 Å². The number of tetrazole rings is 1. The van der Waals surface area contributed by atoms with Crippen molar-refractivity contribution in [1.29, 1.82) is 0 Å². The lowest BCUT2D eigenvalue weighted by molar-refractivity contribution is -0.130. The van der Waals surface area contributed by atoms with Crippen LogP contribution in [0, 0.1) is 6.92 Å². The van der Waals surface area contributed by atoms with Crippen LogP contribution < -0.4 is 0 Å². The van der Waals surface area contributed by atoms with Crippen molar-refractivity contribution in [3.63, 3.8) is 0 Å². The molecule has 0 aliphatic carbocycles. The maximum Gasteiger partial charge on any atom is 0.233 e. The number of carbonyl (C=O) groups is 1. The van der Waals surface area contributed by atoms with Gasteiger partial charge in [0, 0.05) is 32.2 Å². The second kappa shape index (κ2) is 9.40. The van der Waals surface area contributed by atoms with Crippen LogP contribution in [0.3, 0.4) is 0 Å². The number of benzene rings is 2. The summed E-state index contributed by atoms with van der Waals surface area (Å²) < 4.78 is 1.70. The molecule has 7 nitrogen and oxygen atoms in total. The van der Waals surface area contributed by atoms with Gasteiger partial charge in [0.15, 0.2) is 0 Å². The van der Waals surface area contributed by atoms with Gasteiger partial charge < -0.3 is 4.90 Å². The number of thioether (sulfide) groups is 1. The molecule has 156 valence electrons. The number of nitrogens with zero attached hydrogens (tertiary/aromatic N) is 6. The number of hydrogen-bond donors (Lipinski definition) is 0. The Labute approximate surface area is 181 Å². The van der Waals surface area contributed by atoms with Crippen molar-refractivity contribution in [2.75, 3.05) is 31.9 Å². The Hall–Kier alpha value is -2.71. The fourth-order valence-electron chi connectivity index (χ4n) is 3.74. The Kier molecular flexibility index (Phi) is 6.44. The van der Waals surface area contributed by atoms with E-state index in [9.17, 15) is 4.79 Å². The normalized spacial score (nSPS) is 15.9. The van der Waals surface area contributed by atoms with Gasteiger partial charge in [0.25, 0.3) is 0 Å². The Morgan fingerprint density at radius 2 is 1.73 bits per heavy atom. The predicted octanol–water partition coefficient (Wildman–Crippen LogP) is 2.97. The summed E-state index contributed by atoms with van der Waals surface area (Å²) in [7, 11) is 0. The summed E-state index contributed by atoms with van der Waals surface area (Å²) in [6.07, 6.45) is 0. The molecule has 1 unspecified atom stereocenters. The molecule has 0 N–H and O–H groups in total. The number of carbonyl (C=O) groups excluding carboxylic acids is 1. The van der Waals surface area contributed by atoms with Crippen molar-refractivity contribution in [2.24, 2.45) is 0 Å². The smallest absolute Gasteiger partial charge is 0.233 e. The molecule has 0 spiro atoms. The fraction of sp³-hybridized carbons (Fsp3) is 0.364. The molecule has 3 aromatic rings. The third kappa shape index (κ3) is 4.55. The molecule has 4 rings (SSSR count). The molecular formula is C22H26N6OS. The number of aromatic nitrogens is 4. The summed E-state index contributed by atoms with van der Waals surface area (Å²) in [4.78, 5) is 17.1. The Morgan fingerprint density at radius 3 is 2.47 bits per heavy atom. The lowest BCUT2D eigenvalue weighted by Gasteiger charge is -2.38. The summed E-state index contributed by atoms with van der Waals surface area (Å²) in [5.74, 6) is 0.465. The maximum absolute atomic E-state index is 12.8. The van der Waals surface area contributed by atoms with Crippen LogP contribution in [0.25, 0.3) is 5.69 Å². The van der Waals surface area contributed by atoms with E-state index in [0.717, 1.165) is 37.4 Å². The number of amides is 1. The summed E-state index contributed by atoms with van der Waals surface area (Å²) in [6.45, 7) is 7.51.